The summed E-state index contributed by atoms with van der Waals surface area (Å²) in [4.78, 5) is 20.0. The molecule has 31 heavy (non-hydrogen) atoms. The summed E-state index contributed by atoms with van der Waals surface area (Å²) in [5.74, 6) is 1.16. The second-order valence-corrected chi connectivity index (χ2v) is 8.78. The molecule has 0 saturated carbocycles. The van der Waals surface area contributed by atoms with Crippen LogP contribution in [-0.2, 0) is 25.5 Å². The molecule has 3 aliphatic rings. The highest BCUT2D eigenvalue weighted by molar-refractivity contribution is 6.01. The number of hydrogen-bond acceptors (Lipinski definition) is 6. The van der Waals surface area contributed by atoms with Crippen LogP contribution >= 0.6 is 0 Å². The quantitative estimate of drug-likeness (QED) is 0.807. The Morgan fingerprint density at radius 2 is 2.10 bits per heavy atom. The first kappa shape index (κ1) is 20.4. The van der Waals surface area contributed by atoms with Gasteiger partial charge in [-0.2, -0.15) is 0 Å². The maximum Gasteiger partial charge on any atom is 0.256 e. The van der Waals surface area contributed by atoms with E-state index < -0.39 is 6.10 Å². The minimum absolute atomic E-state index is 0.00948. The highest BCUT2D eigenvalue weighted by Gasteiger charge is 2.34. The second-order valence-electron chi connectivity index (χ2n) is 8.78. The number of amides is 1. The molecule has 3 aliphatic heterocycles. The van der Waals surface area contributed by atoms with Crippen LogP contribution in [0.3, 0.4) is 0 Å². The molecule has 0 radical (unpaired) electrons. The number of rotatable bonds is 4. The average molecular weight is 424 g/mol. The van der Waals surface area contributed by atoms with Gasteiger partial charge in [0.05, 0.1) is 49.9 Å². The molecule has 7 heteroatoms. The van der Waals surface area contributed by atoms with Gasteiger partial charge < -0.3 is 24.4 Å². The first-order valence-electron chi connectivity index (χ1n) is 11.1. The second kappa shape index (κ2) is 8.57. The molecule has 2 aromatic rings. The smallest absolute Gasteiger partial charge is 0.256 e. The fraction of sp³-hybridized carbons (Fsp3) is 0.500. The molecule has 1 aromatic heterocycles. The van der Waals surface area contributed by atoms with Crippen LogP contribution in [0.15, 0.2) is 36.5 Å². The Balaban J connectivity index is 1.43. The van der Waals surface area contributed by atoms with Gasteiger partial charge in [0.25, 0.3) is 5.91 Å². The van der Waals surface area contributed by atoms with E-state index in [0.717, 1.165) is 42.4 Å². The molecule has 2 fully saturated rings. The van der Waals surface area contributed by atoms with Gasteiger partial charge in [-0.15, -0.1) is 0 Å². The lowest BCUT2D eigenvalue weighted by Crippen LogP contribution is -2.44. The Labute approximate surface area is 182 Å². The number of hydrogen-bond donors (Lipinski definition) is 1. The van der Waals surface area contributed by atoms with Crippen LogP contribution < -0.4 is 10.2 Å². The van der Waals surface area contributed by atoms with Gasteiger partial charge in [-0.3, -0.25) is 4.79 Å². The van der Waals surface area contributed by atoms with Crippen molar-refractivity contribution >= 4 is 23.1 Å². The lowest BCUT2D eigenvalue weighted by molar-refractivity contribution is -0.143. The van der Waals surface area contributed by atoms with Gasteiger partial charge >= 0.3 is 0 Å². The summed E-state index contributed by atoms with van der Waals surface area (Å²) in [6.45, 7) is 6.41. The largest absolute Gasteiger partial charge is 0.380 e. The Kier molecular flexibility index (Phi) is 5.65. The molecule has 1 amide bonds. The Hall–Kier alpha value is -2.48. The third-order valence-corrected chi connectivity index (χ3v) is 6.14. The summed E-state index contributed by atoms with van der Waals surface area (Å²) >= 11 is 0. The average Bonchev–Trinajstić information content (AvgIpc) is 2.89. The van der Waals surface area contributed by atoms with Crippen molar-refractivity contribution in [3.8, 4) is 0 Å². The summed E-state index contributed by atoms with van der Waals surface area (Å²) in [6.07, 6.45) is 2.99. The molecular weight excluding hydrogens is 394 g/mol. The van der Waals surface area contributed by atoms with Crippen molar-refractivity contribution in [3.63, 3.8) is 0 Å². The van der Waals surface area contributed by atoms with E-state index in [9.17, 15) is 4.79 Å². The molecule has 0 unspecified atom stereocenters. The predicted molar refractivity (Wildman–Crippen MR) is 118 cm³/mol. The van der Waals surface area contributed by atoms with Crippen LogP contribution in [-0.4, -0.2) is 49.0 Å². The number of carbonyl (C=O) groups excluding carboxylic acids is 1. The van der Waals surface area contributed by atoms with E-state index >= 15 is 0 Å². The van der Waals surface area contributed by atoms with Crippen LogP contribution in [0.2, 0.25) is 0 Å². The third-order valence-electron chi connectivity index (χ3n) is 6.14. The van der Waals surface area contributed by atoms with Gasteiger partial charge in [0.15, 0.2) is 0 Å². The summed E-state index contributed by atoms with van der Waals surface area (Å²) in [7, 11) is 0. The molecule has 0 bridgehead atoms. The number of nitrogens with one attached hydrogen (secondary N) is 1. The van der Waals surface area contributed by atoms with Crippen molar-refractivity contribution in [2.24, 2.45) is 0 Å². The molecule has 4 heterocycles. The van der Waals surface area contributed by atoms with Gasteiger partial charge in [-0.25, -0.2) is 4.98 Å². The Morgan fingerprint density at radius 1 is 1.23 bits per heavy atom. The fourth-order valence-corrected chi connectivity index (χ4v) is 4.41. The number of anilines is 3. The van der Waals surface area contributed by atoms with E-state index in [2.05, 4.69) is 22.4 Å². The van der Waals surface area contributed by atoms with Crippen LogP contribution in [0.4, 0.5) is 17.2 Å². The molecule has 2 saturated heterocycles. The van der Waals surface area contributed by atoms with Crippen LogP contribution in [0, 0.1) is 0 Å². The number of ether oxygens (including phenoxy) is 3. The SMILES string of the molecule is CC(C)O[C@H]1CC[C@H](C(=O)N2Cc3cccnc3Nc3ccc(C4COC4)cc32)OC1. The zero-order valence-corrected chi connectivity index (χ0v) is 18.0. The highest BCUT2D eigenvalue weighted by Crippen LogP contribution is 2.39. The van der Waals surface area contributed by atoms with Crippen LogP contribution in [0.5, 0.6) is 0 Å². The Morgan fingerprint density at radius 3 is 2.81 bits per heavy atom. The standard InChI is InChI=1S/C24H29N3O4/c1-15(2)31-19-6-8-22(30-14-19)24(28)27-11-17-4-3-9-25-23(17)26-20-7-5-16(10-21(20)27)18-12-29-13-18/h3-5,7,9-10,15,18-19,22H,6,8,11-14H2,1-2H3,(H,25,26)/t19-,22+/m0/s1. The van der Waals surface area contributed by atoms with Gasteiger partial charge in [0.2, 0.25) is 0 Å². The van der Waals surface area contributed by atoms with Gasteiger partial charge in [-0.1, -0.05) is 12.1 Å². The molecule has 0 spiro atoms. The van der Waals surface area contributed by atoms with Crippen molar-refractivity contribution in [3.05, 3.63) is 47.7 Å². The highest BCUT2D eigenvalue weighted by atomic mass is 16.5. The van der Waals surface area contributed by atoms with E-state index in [0.29, 0.717) is 25.5 Å². The van der Waals surface area contributed by atoms with Crippen molar-refractivity contribution in [1.29, 1.82) is 0 Å². The van der Waals surface area contributed by atoms with E-state index in [4.69, 9.17) is 14.2 Å². The van der Waals surface area contributed by atoms with Crippen LogP contribution in [0.1, 0.15) is 43.7 Å². The number of benzene rings is 1. The topological polar surface area (TPSA) is 72.9 Å². The number of nitrogens with zero attached hydrogens (tertiary/aromatic N) is 2. The van der Waals surface area contributed by atoms with Crippen LogP contribution in [0.25, 0.3) is 0 Å². The fourth-order valence-electron chi connectivity index (χ4n) is 4.41. The normalized spacial score (nSPS) is 23.4. The minimum atomic E-state index is -0.464. The zero-order valence-electron chi connectivity index (χ0n) is 18.0. The van der Waals surface area contributed by atoms with E-state index in [-0.39, 0.29) is 18.1 Å². The molecule has 7 nitrogen and oxygen atoms in total. The predicted octanol–water partition coefficient (Wildman–Crippen LogP) is 3.76. The zero-order chi connectivity index (χ0) is 21.4. The van der Waals surface area contributed by atoms with Gasteiger partial charge in [-0.05, 0) is 50.5 Å². The monoisotopic (exact) mass is 423 g/mol. The maximum absolute atomic E-state index is 13.7. The lowest BCUT2D eigenvalue weighted by Gasteiger charge is -2.33. The summed E-state index contributed by atoms with van der Waals surface area (Å²) in [6, 6.07) is 10.2. The van der Waals surface area contributed by atoms with Crippen molar-refractivity contribution in [2.45, 2.75) is 57.5 Å². The summed E-state index contributed by atoms with van der Waals surface area (Å²) < 4.78 is 17.2. The molecule has 5 rings (SSSR count). The molecule has 1 N–H and O–H groups in total. The third kappa shape index (κ3) is 4.18. The number of fused-ring (bicyclic) bond motifs is 2. The van der Waals surface area contributed by atoms with Gasteiger partial charge in [0.1, 0.15) is 11.9 Å². The lowest BCUT2D eigenvalue weighted by atomic mass is 9.96. The van der Waals surface area contributed by atoms with E-state index in [1.54, 1.807) is 6.20 Å². The number of carbonyl (C=O) groups is 1. The van der Waals surface area contributed by atoms with Crippen molar-refractivity contribution in [1.82, 2.24) is 4.98 Å². The molecule has 164 valence electrons. The number of aromatic nitrogens is 1. The van der Waals surface area contributed by atoms with E-state index in [1.165, 1.54) is 5.56 Å². The molecule has 0 aliphatic carbocycles. The van der Waals surface area contributed by atoms with Gasteiger partial charge in [0, 0.05) is 17.7 Å². The summed E-state index contributed by atoms with van der Waals surface area (Å²) in [5, 5.41) is 3.42. The first-order chi connectivity index (χ1) is 15.1. The van der Waals surface area contributed by atoms with Crippen molar-refractivity contribution in [2.75, 3.05) is 30.0 Å². The molecule has 2 atom stereocenters. The maximum atomic E-state index is 13.7. The number of pyridine rings is 1. The Bertz CT molecular complexity index is 952. The van der Waals surface area contributed by atoms with E-state index in [1.807, 2.05) is 36.9 Å². The van der Waals surface area contributed by atoms with Crippen molar-refractivity contribution < 1.29 is 19.0 Å². The molecule has 1 aromatic carbocycles. The minimum Gasteiger partial charge on any atom is -0.380 e. The summed E-state index contributed by atoms with van der Waals surface area (Å²) in [5.41, 5.74) is 3.93. The molecular formula is C24H29N3O4. The first-order valence-corrected chi connectivity index (χ1v) is 11.1.